The van der Waals surface area contributed by atoms with Crippen molar-refractivity contribution in [3.05, 3.63) is 28.2 Å². The lowest BCUT2D eigenvalue weighted by molar-refractivity contribution is 0.875. The minimum atomic E-state index is 0.952. The lowest BCUT2D eigenvalue weighted by Gasteiger charge is -2.05. The van der Waals surface area contributed by atoms with Gasteiger partial charge in [-0.1, -0.05) is 15.9 Å². The number of nitrogens with two attached hydrogens (primary N) is 1. The van der Waals surface area contributed by atoms with Crippen molar-refractivity contribution in [2.45, 2.75) is 6.92 Å². The van der Waals surface area contributed by atoms with Crippen molar-refractivity contribution in [2.24, 2.45) is 5.84 Å². The monoisotopic (exact) mass is 215 g/mol. The van der Waals surface area contributed by atoms with Crippen molar-refractivity contribution >= 4 is 21.6 Å². The van der Waals surface area contributed by atoms with E-state index in [9.17, 15) is 0 Å². The van der Waals surface area contributed by atoms with Crippen LogP contribution in [0.25, 0.3) is 0 Å². The third-order valence-corrected chi connectivity index (χ3v) is 2.26. The third kappa shape index (κ3) is 2.18. The van der Waals surface area contributed by atoms with E-state index in [0.717, 1.165) is 10.2 Å². The summed E-state index contributed by atoms with van der Waals surface area (Å²) in [5, 5.41) is 0. The van der Waals surface area contributed by atoms with Crippen molar-refractivity contribution in [1.82, 2.24) is 5.53 Å². The molecule has 0 saturated heterocycles. The van der Waals surface area contributed by atoms with Gasteiger partial charge in [0.2, 0.25) is 0 Å². The summed E-state index contributed by atoms with van der Waals surface area (Å²) >= 11 is 3.40. The second-order valence-electron chi connectivity index (χ2n) is 2.23. The molecule has 4 N–H and O–H groups in total. The average Bonchev–Trinajstić information content (AvgIpc) is 1.98. The molecule has 1 rings (SSSR count). The van der Waals surface area contributed by atoms with Gasteiger partial charge < -0.3 is 5.43 Å². The molecule has 0 heterocycles. The fraction of sp³-hybridized carbons (Fsp3) is 0.143. The van der Waals surface area contributed by atoms with Crippen LogP contribution in [0.1, 0.15) is 5.56 Å². The van der Waals surface area contributed by atoms with Crippen LogP contribution >= 0.6 is 15.9 Å². The maximum absolute atomic E-state index is 5.08. The fourth-order valence-corrected chi connectivity index (χ4v) is 1.05. The number of nitrogens with one attached hydrogen (secondary N) is 2. The van der Waals surface area contributed by atoms with E-state index in [0.29, 0.717) is 0 Å². The van der Waals surface area contributed by atoms with Crippen molar-refractivity contribution in [2.75, 3.05) is 5.43 Å². The van der Waals surface area contributed by atoms with Crippen LogP contribution in [0.5, 0.6) is 0 Å². The van der Waals surface area contributed by atoms with E-state index in [-0.39, 0.29) is 0 Å². The Labute approximate surface area is 74.0 Å². The minimum Gasteiger partial charge on any atom is -0.308 e. The van der Waals surface area contributed by atoms with E-state index in [4.69, 9.17) is 5.84 Å². The van der Waals surface area contributed by atoms with E-state index in [1.807, 2.05) is 25.1 Å². The van der Waals surface area contributed by atoms with Crippen LogP contribution in [-0.2, 0) is 0 Å². The zero-order chi connectivity index (χ0) is 8.27. The number of anilines is 1. The maximum atomic E-state index is 5.08. The first-order valence-electron chi connectivity index (χ1n) is 3.22. The van der Waals surface area contributed by atoms with Crippen molar-refractivity contribution in [3.63, 3.8) is 0 Å². The SMILES string of the molecule is Cc1cc(NNN)ccc1Br. The van der Waals surface area contributed by atoms with Gasteiger partial charge in [-0.25, -0.2) is 0 Å². The number of benzene rings is 1. The highest BCUT2D eigenvalue weighted by Crippen LogP contribution is 2.19. The molecule has 0 fully saturated rings. The highest BCUT2D eigenvalue weighted by molar-refractivity contribution is 9.10. The number of halogens is 1. The molecule has 0 aromatic heterocycles. The first-order valence-corrected chi connectivity index (χ1v) is 4.01. The summed E-state index contributed by atoms with van der Waals surface area (Å²) in [6.45, 7) is 2.02. The van der Waals surface area contributed by atoms with Gasteiger partial charge in [0.05, 0.1) is 5.69 Å². The standard InChI is InChI=1S/C7H10BrN3/c1-5-4-6(10-11-9)2-3-7(5)8/h2-4,10-11H,9H2,1H3. The fourth-order valence-electron chi connectivity index (χ4n) is 0.806. The highest BCUT2D eigenvalue weighted by Gasteiger charge is 1.94. The van der Waals surface area contributed by atoms with Gasteiger partial charge in [0.25, 0.3) is 0 Å². The van der Waals surface area contributed by atoms with E-state index < -0.39 is 0 Å². The summed E-state index contributed by atoms with van der Waals surface area (Å²) < 4.78 is 1.10. The van der Waals surface area contributed by atoms with Crippen molar-refractivity contribution in [3.8, 4) is 0 Å². The summed E-state index contributed by atoms with van der Waals surface area (Å²) in [6.07, 6.45) is 0. The van der Waals surface area contributed by atoms with Gasteiger partial charge >= 0.3 is 0 Å². The molecule has 3 nitrogen and oxygen atoms in total. The molecule has 1 aromatic carbocycles. The Bertz CT molecular complexity index is 249. The molecule has 0 radical (unpaired) electrons. The molecular weight excluding hydrogens is 206 g/mol. The lowest BCUT2D eigenvalue weighted by Crippen LogP contribution is -2.28. The van der Waals surface area contributed by atoms with E-state index >= 15 is 0 Å². The molecule has 0 amide bonds. The van der Waals surface area contributed by atoms with Crippen molar-refractivity contribution < 1.29 is 0 Å². The van der Waals surface area contributed by atoms with Crippen LogP contribution in [0.15, 0.2) is 22.7 Å². The molecule has 0 bridgehead atoms. The summed E-state index contributed by atoms with van der Waals surface area (Å²) in [4.78, 5) is 0. The number of hydrogen-bond donors (Lipinski definition) is 3. The summed E-state index contributed by atoms with van der Waals surface area (Å²) in [5.41, 5.74) is 7.27. The molecule has 0 aliphatic rings. The molecule has 11 heavy (non-hydrogen) atoms. The molecule has 0 unspecified atom stereocenters. The predicted molar refractivity (Wildman–Crippen MR) is 49.8 cm³/mol. The van der Waals surface area contributed by atoms with Gasteiger partial charge in [-0.2, -0.15) is 5.53 Å². The second kappa shape index (κ2) is 3.71. The Morgan fingerprint density at radius 2 is 2.18 bits per heavy atom. The Morgan fingerprint density at radius 1 is 1.45 bits per heavy atom. The largest absolute Gasteiger partial charge is 0.308 e. The van der Waals surface area contributed by atoms with Crippen LogP contribution in [0, 0.1) is 6.92 Å². The summed E-state index contributed by atoms with van der Waals surface area (Å²) in [5.74, 6) is 5.08. The zero-order valence-electron chi connectivity index (χ0n) is 6.19. The first kappa shape index (κ1) is 8.52. The van der Waals surface area contributed by atoms with Crippen molar-refractivity contribution in [1.29, 1.82) is 0 Å². The Kier molecular flexibility index (Phi) is 2.87. The molecule has 1 aromatic rings. The van der Waals surface area contributed by atoms with Gasteiger partial charge in [-0.05, 0) is 30.7 Å². The molecule has 0 saturated carbocycles. The first-order chi connectivity index (χ1) is 5.24. The van der Waals surface area contributed by atoms with Crippen LogP contribution in [0.4, 0.5) is 5.69 Å². The van der Waals surface area contributed by atoms with Gasteiger partial charge in [0, 0.05) is 4.47 Å². The average molecular weight is 216 g/mol. The van der Waals surface area contributed by atoms with Crippen LogP contribution < -0.4 is 16.8 Å². The molecule has 0 atom stereocenters. The molecular formula is C7H10BrN3. The molecule has 4 heteroatoms. The summed E-state index contributed by atoms with van der Waals surface area (Å²) in [7, 11) is 0. The zero-order valence-corrected chi connectivity index (χ0v) is 7.77. The van der Waals surface area contributed by atoms with E-state index in [1.165, 1.54) is 5.56 Å². The number of rotatable bonds is 2. The molecule has 0 spiro atoms. The van der Waals surface area contributed by atoms with E-state index in [1.54, 1.807) is 0 Å². The number of hydrogen-bond acceptors (Lipinski definition) is 3. The minimum absolute atomic E-state index is 0.952. The van der Waals surface area contributed by atoms with Gasteiger partial charge in [-0.15, -0.1) is 0 Å². The number of aryl methyl sites for hydroxylation is 1. The van der Waals surface area contributed by atoms with E-state index in [2.05, 4.69) is 26.9 Å². The molecule has 0 aliphatic carbocycles. The van der Waals surface area contributed by atoms with Gasteiger partial charge in [-0.3, -0.25) is 5.84 Å². The smallest absolute Gasteiger partial charge is 0.0504 e. The number of hydrazine groups is 2. The molecule has 0 aliphatic heterocycles. The Hall–Kier alpha value is -0.580. The Balaban J connectivity index is 2.86. The lowest BCUT2D eigenvalue weighted by atomic mass is 10.2. The normalized spacial score (nSPS) is 9.73. The quantitative estimate of drug-likeness (QED) is 0.519. The molecule has 60 valence electrons. The highest BCUT2D eigenvalue weighted by atomic mass is 79.9. The van der Waals surface area contributed by atoms with Crippen LogP contribution in [-0.4, -0.2) is 0 Å². The third-order valence-electron chi connectivity index (χ3n) is 1.37. The second-order valence-corrected chi connectivity index (χ2v) is 3.09. The van der Waals surface area contributed by atoms with Crippen LogP contribution in [0.2, 0.25) is 0 Å². The van der Waals surface area contributed by atoms with Crippen LogP contribution in [0.3, 0.4) is 0 Å². The summed E-state index contributed by atoms with van der Waals surface area (Å²) in [6, 6.07) is 5.88. The van der Waals surface area contributed by atoms with Gasteiger partial charge in [0.15, 0.2) is 0 Å². The van der Waals surface area contributed by atoms with Gasteiger partial charge in [0.1, 0.15) is 0 Å². The Morgan fingerprint density at radius 3 is 2.73 bits per heavy atom. The predicted octanol–water partition coefficient (Wildman–Crippen LogP) is 1.55. The maximum Gasteiger partial charge on any atom is 0.0504 e. The topological polar surface area (TPSA) is 50.1 Å².